The van der Waals surface area contributed by atoms with Gasteiger partial charge in [-0.2, -0.15) is 5.26 Å². The van der Waals surface area contributed by atoms with Gasteiger partial charge in [0.25, 0.3) is 5.91 Å². The summed E-state index contributed by atoms with van der Waals surface area (Å²) in [6, 6.07) is 13.8. The number of anilines is 2. The zero-order chi connectivity index (χ0) is 21.3. The molecule has 148 valence electrons. The molecule has 1 amide bonds. The quantitative estimate of drug-likeness (QED) is 0.562. The third-order valence-electron chi connectivity index (χ3n) is 5.68. The van der Waals surface area contributed by atoms with Gasteiger partial charge < -0.3 is 10.2 Å². The van der Waals surface area contributed by atoms with Crippen molar-refractivity contribution >= 4 is 28.9 Å². The summed E-state index contributed by atoms with van der Waals surface area (Å²) in [5.41, 5.74) is 7.24. The molecule has 0 spiro atoms. The number of hydrogen-bond acceptors (Lipinski definition) is 3. The molecule has 1 N–H and O–H groups in total. The molecule has 0 saturated carbocycles. The van der Waals surface area contributed by atoms with Crippen LogP contribution in [0.3, 0.4) is 0 Å². The Morgan fingerprint density at radius 1 is 1.10 bits per heavy atom. The smallest absolute Gasteiger partial charge is 0.266 e. The predicted molar refractivity (Wildman–Crippen MR) is 121 cm³/mol. The largest absolute Gasteiger partial charge is 0.366 e. The van der Waals surface area contributed by atoms with Crippen LogP contribution in [0.4, 0.5) is 11.4 Å². The minimum absolute atomic E-state index is 0.0572. The van der Waals surface area contributed by atoms with E-state index in [-0.39, 0.29) is 11.1 Å². The summed E-state index contributed by atoms with van der Waals surface area (Å²) in [6.07, 6.45) is 3.88. The molecule has 1 heterocycles. The standard InChI is InChI=1S/C25H27N3O/c1-16-7-9-21(11-17(16)2)27-24(29)20(15-26)12-19-8-10-23-22(13-19)18(3)14-25(4,5)28(23)6/h7-14H,1-6H3,(H,27,29)/b20-12-. The molecule has 1 aliphatic heterocycles. The number of carbonyl (C=O) groups is 1. The highest BCUT2D eigenvalue weighted by Gasteiger charge is 2.28. The van der Waals surface area contributed by atoms with Crippen molar-refractivity contribution in [3.8, 4) is 6.07 Å². The molecule has 2 aromatic rings. The lowest BCUT2D eigenvalue weighted by atomic mass is 9.88. The fourth-order valence-electron chi connectivity index (χ4n) is 3.60. The minimum Gasteiger partial charge on any atom is -0.366 e. The number of fused-ring (bicyclic) bond motifs is 1. The zero-order valence-electron chi connectivity index (χ0n) is 17.9. The number of hydrogen-bond donors (Lipinski definition) is 1. The van der Waals surface area contributed by atoms with Crippen molar-refractivity contribution in [3.63, 3.8) is 0 Å². The van der Waals surface area contributed by atoms with Crippen molar-refractivity contribution in [2.45, 2.75) is 40.2 Å². The molecule has 0 atom stereocenters. The number of allylic oxidation sites excluding steroid dienone is 1. The number of carbonyl (C=O) groups excluding carboxylic acids is 1. The van der Waals surface area contributed by atoms with Crippen molar-refractivity contribution in [2.75, 3.05) is 17.3 Å². The number of nitrogens with zero attached hydrogens (tertiary/aromatic N) is 2. The van der Waals surface area contributed by atoms with Crippen LogP contribution in [0, 0.1) is 25.2 Å². The Labute approximate surface area is 173 Å². The van der Waals surface area contributed by atoms with Gasteiger partial charge in [-0.25, -0.2) is 0 Å². The van der Waals surface area contributed by atoms with Gasteiger partial charge in [0.05, 0.1) is 5.54 Å². The number of rotatable bonds is 3. The summed E-state index contributed by atoms with van der Waals surface area (Å²) in [7, 11) is 2.08. The number of nitriles is 1. The molecule has 2 aromatic carbocycles. The molecule has 4 nitrogen and oxygen atoms in total. The highest BCUT2D eigenvalue weighted by atomic mass is 16.1. The minimum atomic E-state index is -0.404. The van der Waals surface area contributed by atoms with Crippen molar-refractivity contribution in [1.29, 1.82) is 5.26 Å². The molecule has 0 unspecified atom stereocenters. The van der Waals surface area contributed by atoms with Crippen LogP contribution in [0.25, 0.3) is 11.6 Å². The summed E-state index contributed by atoms with van der Waals surface area (Å²) in [5, 5.41) is 12.4. The molecule has 0 saturated heterocycles. The number of benzene rings is 2. The van der Waals surface area contributed by atoms with Crippen LogP contribution in [-0.2, 0) is 4.79 Å². The number of nitrogens with one attached hydrogen (secondary N) is 1. The molecule has 0 bridgehead atoms. The van der Waals surface area contributed by atoms with Crippen molar-refractivity contribution in [3.05, 3.63) is 70.3 Å². The summed E-state index contributed by atoms with van der Waals surface area (Å²) in [4.78, 5) is 14.8. The van der Waals surface area contributed by atoms with Gasteiger partial charge in [0.2, 0.25) is 0 Å². The third-order valence-corrected chi connectivity index (χ3v) is 5.68. The summed E-state index contributed by atoms with van der Waals surface area (Å²) < 4.78 is 0. The van der Waals surface area contributed by atoms with Crippen LogP contribution in [0.15, 0.2) is 48.0 Å². The van der Waals surface area contributed by atoms with E-state index in [9.17, 15) is 10.1 Å². The van der Waals surface area contributed by atoms with E-state index in [0.29, 0.717) is 5.69 Å². The molecule has 0 aromatic heterocycles. The van der Waals surface area contributed by atoms with Gasteiger partial charge in [-0.3, -0.25) is 4.79 Å². The fourth-order valence-corrected chi connectivity index (χ4v) is 3.60. The van der Waals surface area contributed by atoms with Crippen LogP contribution in [0.5, 0.6) is 0 Å². The Morgan fingerprint density at radius 2 is 1.83 bits per heavy atom. The first-order chi connectivity index (χ1) is 13.6. The maximum atomic E-state index is 12.6. The Bertz CT molecular complexity index is 1080. The van der Waals surface area contributed by atoms with Crippen LogP contribution in [0.1, 0.15) is 43.0 Å². The average molecular weight is 386 g/mol. The van der Waals surface area contributed by atoms with E-state index < -0.39 is 5.91 Å². The van der Waals surface area contributed by atoms with E-state index >= 15 is 0 Å². The van der Waals surface area contributed by atoms with E-state index in [1.54, 1.807) is 6.08 Å². The Balaban J connectivity index is 1.90. The van der Waals surface area contributed by atoms with Crippen LogP contribution in [0.2, 0.25) is 0 Å². The Morgan fingerprint density at radius 3 is 2.48 bits per heavy atom. The molecular weight excluding hydrogens is 358 g/mol. The fraction of sp³-hybridized carbons (Fsp3) is 0.280. The number of likely N-dealkylation sites (N-methyl/N-ethyl adjacent to an activating group) is 1. The van der Waals surface area contributed by atoms with Crippen LogP contribution >= 0.6 is 0 Å². The highest BCUT2D eigenvalue weighted by Crippen LogP contribution is 2.38. The summed E-state index contributed by atoms with van der Waals surface area (Å²) in [6.45, 7) is 10.5. The summed E-state index contributed by atoms with van der Waals surface area (Å²) >= 11 is 0. The van der Waals surface area contributed by atoms with Crippen molar-refractivity contribution in [1.82, 2.24) is 0 Å². The molecule has 0 radical (unpaired) electrons. The Hall–Kier alpha value is -3.32. The predicted octanol–water partition coefficient (Wildman–Crippen LogP) is 5.48. The maximum Gasteiger partial charge on any atom is 0.266 e. The normalized spacial score (nSPS) is 15.3. The first-order valence-electron chi connectivity index (χ1n) is 9.70. The van der Waals surface area contributed by atoms with Crippen molar-refractivity contribution < 1.29 is 4.79 Å². The number of aryl methyl sites for hydroxylation is 2. The lowest BCUT2D eigenvalue weighted by Gasteiger charge is -2.40. The van der Waals surface area contributed by atoms with Crippen LogP contribution in [-0.4, -0.2) is 18.5 Å². The van der Waals surface area contributed by atoms with Crippen molar-refractivity contribution in [2.24, 2.45) is 0 Å². The summed E-state index contributed by atoms with van der Waals surface area (Å²) in [5.74, 6) is -0.404. The van der Waals surface area contributed by atoms with Crippen LogP contribution < -0.4 is 10.2 Å². The lowest BCUT2D eigenvalue weighted by molar-refractivity contribution is -0.112. The second-order valence-electron chi connectivity index (χ2n) is 8.24. The van der Waals surface area contributed by atoms with Gasteiger partial charge >= 0.3 is 0 Å². The van der Waals surface area contributed by atoms with E-state index in [2.05, 4.69) is 50.2 Å². The van der Waals surface area contributed by atoms with E-state index in [1.165, 1.54) is 5.57 Å². The molecule has 0 aliphatic carbocycles. The monoisotopic (exact) mass is 385 g/mol. The highest BCUT2D eigenvalue weighted by molar-refractivity contribution is 6.09. The molecule has 29 heavy (non-hydrogen) atoms. The van der Waals surface area contributed by atoms with Gasteiger partial charge in [0.15, 0.2) is 0 Å². The zero-order valence-corrected chi connectivity index (χ0v) is 17.9. The molecule has 1 aliphatic rings. The van der Waals surface area contributed by atoms with E-state index in [0.717, 1.165) is 27.9 Å². The third kappa shape index (κ3) is 4.09. The molecular formula is C25H27N3O. The number of amides is 1. The Kier molecular flexibility index (Phi) is 5.35. The second kappa shape index (κ2) is 7.60. The molecule has 4 heteroatoms. The average Bonchev–Trinajstić information content (AvgIpc) is 2.67. The van der Waals surface area contributed by atoms with Gasteiger partial charge in [-0.1, -0.05) is 18.2 Å². The van der Waals surface area contributed by atoms with Gasteiger partial charge in [0, 0.05) is 24.0 Å². The van der Waals surface area contributed by atoms with E-state index in [4.69, 9.17) is 0 Å². The second-order valence-corrected chi connectivity index (χ2v) is 8.24. The molecule has 3 rings (SSSR count). The first kappa shape index (κ1) is 20.4. The maximum absolute atomic E-state index is 12.6. The van der Waals surface area contributed by atoms with Gasteiger partial charge in [0.1, 0.15) is 11.6 Å². The molecule has 0 fully saturated rings. The SMILES string of the molecule is CC1=CC(C)(C)N(C)c2ccc(/C=C(/C#N)C(=O)Nc3ccc(C)c(C)c3)cc21. The topological polar surface area (TPSA) is 56.1 Å². The van der Waals surface area contributed by atoms with E-state index in [1.807, 2.05) is 50.2 Å². The lowest BCUT2D eigenvalue weighted by Crippen LogP contribution is -2.42. The van der Waals surface area contributed by atoms with Gasteiger partial charge in [-0.05, 0) is 87.2 Å². The van der Waals surface area contributed by atoms with Gasteiger partial charge in [-0.15, -0.1) is 0 Å². The first-order valence-corrected chi connectivity index (χ1v) is 9.70.